The maximum atomic E-state index is 11.8. The molecule has 0 aromatic heterocycles. The fourth-order valence-corrected chi connectivity index (χ4v) is 3.18. The first kappa shape index (κ1) is 18.5. The summed E-state index contributed by atoms with van der Waals surface area (Å²) in [5, 5.41) is 9.67. The van der Waals surface area contributed by atoms with Crippen LogP contribution in [0.15, 0.2) is 24.3 Å². The number of carboxylic acids is 1. The number of ether oxygens (including phenoxy) is 3. The second kappa shape index (κ2) is 8.89. The molecule has 1 fully saturated rings. The predicted octanol–water partition coefficient (Wildman–Crippen LogP) is 2.28. The normalized spacial score (nSPS) is 21.4. The molecular formula is C18H27NO5. The van der Waals surface area contributed by atoms with Gasteiger partial charge in [0.1, 0.15) is 18.1 Å². The Balaban J connectivity index is 1.86. The van der Waals surface area contributed by atoms with E-state index in [0.29, 0.717) is 39.1 Å². The highest BCUT2D eigenvalue weighted by molar-refractivity contribution is 5.75. The molecule has 0 bridgehead atoms. The van der Waals surface area contributed by atoms with Gasteiger partial charge in [0.15, 0.2) is 0 Å². The molecule has 1 aromatic rings. The van der Waals surface area contributed by atoms with Crippen molar-refractivity contribution >= 4 is 5.97 Å². The van der Waals surface area contributed by atoms with E-state index in [4.69, 9.17) is 14.2 Å². The third-order valence-corrected chi connectivity index (χ3v) is 4.61. The SMILES string of the molecule is COCC[C@@]1(C(=O)O)CCCN(CCOc2cccc(OC)c2)C1. The van der Waals surface area contributed by atoms with Gasteiger partial charge in [-0.15, -0.1) is 0 Å². The molecule has 1 aliphatic heterocycles. The number of methoxy groups -OCH3 is 2. The summed E-state index contributed by atoms with van der Waals surface area (Å²) in [6.45, 7) is 3.16. The Morgan fingerprint density at radius 1 is 1.29 bits per heavy atom. The van der Waals surface area contributed by atoms with Gasteiger partial charge in [0.25, 0.3) is 0 Å². The van der Waals surface area contributed by atoms with E-state index in [-0.39, 0.29) is 0 Å². The Morgan fingerprint density at radius 2 is 2.08 bits per heavy atom. The topological polar surface area (TPSA) is 68.2 Å². The van der Waals surface area contributed by atoms with Crippen molar-refractivity contribution in [3.8, 4) is 11.5 Å². The first-order chi connectivity index (χ1) is 11.6. The lowest BCUT2D eigenvalue weighted by atomic mass is 9.77. The van der Waals surface area contributed by atoms with Crippen LogP contribution in [0.25, 0.3) is 0 Å². The van der Waals surface area contributed by atoms with E-state index in [1.165, 1.54) is 0 Å². The van der Waals surface area contributed by atoms with Gasteiger partial charge < -0.3 is 19.3 Å². The maximum absolute atomic E-state index is 11.8. The van der Waals surface area contributed by atoms with Crippen molar-refractivity contribution < 1.29 is 24.1 Å². The largest absolute Gasteiger partial charge is 0.497 e. The van der Waals surface area contributed by atoms with Crippen LogP contribution in [0.3, 0.4) is 0 Å². The molecule has 24 heavy (non-hydrogen) atoms. The summed E-state index contributed by atoms with van der Waals surface area (Å²) >= 11 is 0. The molecule has 1 aromatic carbocycles. The number of aliphatic carboxylic acids is 1. The number of benzene rings is 1. The van der Waals surface area contributed by atoms with Gasteiger partial charge in [-0.05, 0) is 37.9 Å². The van der Waals surface area contributed by atoms with Gasteiger partial charge in [-0.1, -0.05) is 6.07 Å². The fraction of sp³-hybridized carbons (Fsp3) is 0.611. The van der Waals surface area contributed by atoms with E-state index in [9.17, 15) is 9.90 Å². The zero-order chi connectivity index (χ0) is 17.4. The summed E-state index contributed by atoms with van der Waals surface area (Å²) in [5.41, 5.74) is -0.704. The quantitative estimate of drug-likeness (QED) is 0.746. The van der Waals surface area contributed by atoms with Crippen molar-refractivity contribution in [2.45, 2.75) is 19.3 Å². The second-order valence-electron chi connectivity index (χ2n) is 6.24. The van der Waals surface area contributed by atoms with Gasteiger partial charge in [-0.3, -0.25) is 9.69 Å². The number of hydrogen-bond acceptors (Lipinski definition) is 5. The number of rotatable bonds is 9. The molecular weight excluding hydrogens is 310 g/mol. The average molecular weight is 337 g/mol. The minimum absolute atomic E-state index is 0.473. The fourth-order valence-electron chi connectivity index (χ4n) is 3.18. The second-order valence-corrected chi connectivity index (χ2v) is 6.24. The predicted molar refractivity (Wildman–Crippen MR) is 90.7 cm³/mol. The molecule has 0 amide bonds. The lowest BCUT2D eigenvalue weighted by Gasteiger charge is -2.39. The molecule has 0 aliphatic carbocycles. The number of piperidine rings is 1. The molecule has 0 unspecified atom stereocenters. The zero-order valence-electron chi connectivity index (χ0n) is 14.5. The van der Waals surface area contributed by atoms with E-state index >= 15 is 0 Å². The molecule has 134 valence electrons. The Kier molecular flexibility index (Phi) is 6.87. The Morgan fingerprint density at radius 3 is 2.79 bits per heavy atom. The number of hydrogen-bond donors (Lipinski definition) is 1. The van der Waals surface area contributed by atoms with Crippen LogP contribution in [0.4, 0.5) is 0 Å². The van der Waals surface area contributed by atoms with Crippen LogP contribution in [0.2, 0.25) is 0 Å². The van der Waals surface area contributed by atoms with Crippen LogP contribution < -0.4 is 9.47 Å². The Hall–Kier alpha value is -1.79. The molecule has 6 nitrogen and oxygen atoms in total. The zero-order valence-corrected chi connectivity index (χ0v) is 14.5. The van der Waals surface area contributed by atoms with Crippen LogP contribution in [0.5, 0.6) is 11.5 Å². The first-order valence-corrected chi connectivity index (χ1v) is 8.31. The van der Waals surface area contributed by atoms with Crippen molar-refractivity contribution in [2.75, 3.05) is 47.1 Å². The molecule has 1 N–H and O–H groups in total. The van der Waals surface area contributed by atoms with Crippen LogP contribution in [0.1, 0.15) is 19.3 Å². The lowest BCUT2D eigenvalue weighted by Crippen LogP contribution is -2.49. The molecule has 1 aliphatic rings. The monoisotopic (exact) mass is 337 g/mol. The molecule has 1 saturated heterocycles. The summed E-state index contributed by atoms with van der Waals surface area (Å²) in [6, 6.07) is 7.49. The van der Waals surface area contributed by atoms with E-state index in [0.717, 1.165) is 24.5 Å². The third-order valence-electron chi connectivity index (χ3n) is 4.61. The van der Waals surface area contributed by atoms with E-state index in [1.807, 2.05) is 24.3 Å². The lowest BCUT2D eigenvalue weighted by molar-refractivity contribution is -0.154. The van der Waals surface area contributed by atoms with Crippen molar-refractivity contribution in [3.63, 3.8) is 0 Å². The molecule has 6 heteroatoms. The first-order valence-electron chi connectivity index (χ1n) is 8.31. The molecule has 0 saturated carbocycles. The highest BCUT2D eigenvalue weighted by atomic mass is 16.5. The van der Waals surface area contributed by atoms with E-state index in [2.05, 4.69) is 4.90 Å². The Bertz CT molecular complexity index is 536. The van der Waals surface area contributed by atoms with Crippen molar-refractivity contribution in [3.05, 3.63) is 24.3 Å². The van der Waals surface area contributed by atoms with Crippen LogP contribution in [-0.2, 0) is 9.53 Å². The number of carbonyl (C=O) groups is 1. The molecule has 1 atom stereocenters. The van der Waals surface area contributed by atoms with Gasteiger partial charge in [0.2, 0.25) is 0 Å². The number of carboxylic acid groups (broad SMARTS) is 1. The van der Waals surface area contributed by atoms with Crippen molar-refractivity contribution in [2.24, 2.45) is 5.41 Å². The van der Waals surface area contributed by atoms with Crippen molar-refractivity contribution in [1.29, 1.82) is 0 Å². The molecule has 0 spiro atoms. The highest BCUT2D eigenvalue weighted by Crippen LogP contribution is 2.34. The minimum Gasteiger partial charge on any atom is -0.497 e. The summed E-state index contributed by atoms with van der Waals surface area (Å²) in [5.74, 6) is 0.795. The van der Waals surface area contributed by atoms with E-state index in [1.54, 1.807) is 14.2 Å². The Labute approximate surface area is 143 Å². The van der Waals surface area contributed by atoms with E-state index < -0.39 is 11.4 Å². The summed E-state index contributed by atoms with van der Waals surface area (Å²) < 4.78 is 16.0. The van der Waals surface area contributed by atoms with Crippen LogP contribution >= 0.6 is 0 Å². The third kappa shape index (κ3) is 4.85. The molecule has 1 heterocycles. The summed E-state index contributed by atoms with van der Waals surface area (Å²) in [6.07, 6.45) is 2.14. The van der Waals surface area contributed by atoms with Gasteiger partial charge in [-0.2, -0.15) is 0 Å². The smallest absolute Gasteiger partial charge is 0.311 e. The molecule has 2 rings (SSSR count). The maximum Gasteiger partial charge on any atom is 0.311 e. The van der Waals surface area contributed by atoms with Gasteiger partial charge >= 0.3 is 5.97 Å². The van der Waals surface area contributed by atoms with Gasteiger partial charge in [0, 0.05) is 32.9 Å². The minimum atomic E-state index is -0.724. The standard InChI is InChI=1S/C18H27NO5/c1-22-11-8-18(17(20)21)7-4-9-19(14-18)10-12-24-16-6-3-5-15(13-16)23-2/h3,5-6,13H,4,7-12,14H2,1-2H3,(H,20,21)/t18-/m0/s1. The van der Waals surface area contributed by atoms with Gasteiger partial charge in [0.05, 0.1) is 12.5 Å². The van der Waals surface area contributed by atoms with Crippen LogP contribution in [-0.4, -0.2) is 63.0 Å². The molecule has 0 radical (unpaired) electrons. The number of likely N-dealkylation sites (tertiary alicyclic amines) is 1. The highest BCUT2D eigenvalue weighted by Gasteiger charge is 2.41. The number of nitrogens with zero attached hydrogens (tertiary/aromatic N) is 1. The van der Waals surface area contributed by atoms with Crippen molar-refractivity contribution in [1.82, 2.24) is 4.90 Å². The average Bonchev–Trinajstić information content (AvgIpc) is 2.60. The van der Waals surface area contributed by atoms with Gasteiger partial charge in [-0.25, -0.2) is 0 Å². The van der Waals surface area contributed by atoms with Crippen LogP contribution in [0, 0.1) is 5.41 Å². The summed E-state index contributed by atoms with van der Waals surface area (Å²) in [4.78, 5) is 13.9. The summed E-state index contributed by atoms with van der Waals surface area (Å²) in [7, 11) is 3.23.